The Balaban J connectivity index is 1.75. The van der Waals surface area contributed by atoms with Gasteiger partial charge < -0.3 is 9.88 Å². The van der Waals surface area contributed by atoms with E-state index in [1.165, 1.54) is 19.3 Å². The van der Waals surface area contributed by atoms with Gasteiger partial charge in [-0.2, -0.15) is 0 Å². The summed E-state index contributed by atoms with van der Waals surface area (Å²) in [6, 6.07) is 5.97. The van der Waals surface area contributed by atoms with E-state index in [-0.39, 0.29) is 5.82 Å². The van der Waals surface area contributed by atoms with Crippen molar-refractivity contribution in [1.82, 2.24) is 14.9 Å². The zero-order valence-electron chi connectivity index (χ0n) is 10.8. The van der Waals surface area contributed by atoms with Crippen LogP contribution in [0.5, 0.6) is 0 Å². The van der Waals surface area contributed by atoms with Gasteiger partial charge in [0.2, 0.25) is 0 Å². The minimum atomic E-state index is -0.189. The fourth-order valence-corrected chi connectivity index (χ4v) is 2.67. The van der Waals surface area contributed by atoms with Crippen molar-refractivity contribution >= 4 is 0 Å². The number of nitrogens with zero attached hydrogens (tertiary/aromatic N) is 2. The third-order valence-electron chi connectivity index (χ3n) is 3.69. The number of hydrogen-bond acceptors (Lipinski definition) is 2. The number of rotatable bonds is 3. The SMILES string of the molecule is Fc1cc(CC2CCCCN2)ccc1-n1ccnc1. The molecule has 1 unspecified atom stereocenters. The van der Waals surface area contributed by atoms with Crippen molar-refractivity contribution in [2.45, 2.75) is 31.7 Å². The lowest BCUT2D eigenvalue weighted by atomic mass is 9.97. The number of halogens is 1. The second kappa shape index (κ2) is 5.53. The standard InChI is InChI=1S/C15H18FN3/c16-14-10-12(9-13-3-1-2-6-18-13)4-5-15(14)19-8-7-17-11-19/h4-5,7-8,10-11,13,18H,1-3,6,9H2. The Labute approximate surface area is 112 Å². The van der Waals surface area contributed by atoms with Crippen LogP contribution in [0, 0.1) is 5.82 Å². The second-order valence-electron chi connectivity index (χ2n) is 5.11. The molecule has 0 amide bonds. The first-order valence-corrected chi connectivity index (χ1v) is 6.83. The predicted molar refractivity (Wildman–Crippen MR) is 72.9 cm³/mol. The number of nitrogens with one attached hydrogen (secondary N) is 1. The summed E-state index contributed by atoms with van der Waals surface area (Å²) >= 11 is 0. The average molecular weight is 259 g/mol. The third kappa shape index (κ3) is 2.84. The van der Waals surface area contributed by atoms with Crippen LogP contribution < -0.4 is 5.32 Å². The van der Waals surface area contributed by atoms with E-state index in [1.807, 2.05) is 12.1 Å². The van der Waals surface area contributed by atoms with Crippen LogP contribution in [0.2, 0.25) is 0 Å². The molecule has 1 atom stereocenters. The topological polar surface area (TPSA) is 29.9 Å². The molecule has 0 spiro atoms. The summed E-state index contributed by atoms with van der Waals surface area (Å²) in [5, 5.41) is 3.49. The fraction of sp³-hybridized carbons (Fsp3) is 0.400. The largest absolute Gasteiger partial charge is 0.314 e. The number of piperidine rings is 1. The summed E-state index contributed by atoms with van der Waals surface area (Å²) in [5.74, 6) is -0.189. The summed E-state index contributed by atoms with van der Waals surface area (Å²) in [7, 11) is 0. The summed E-state index contributed by atoms with van der Waals surface area (Å²) < 4.78 is 15.8. The van der Waals surface area contributed by atoms with E-state index in [1.54, 1.807) is 29.4 Å². The zero-order chi connectivity index (χ0) is 13.1. The highest BCUT2D eigenvalue weighted by atomic mass is 19.1. The van der Waals surface area contributed by atoms with Crippen molar-refractivity contribution in [1.29, 1.82) is 0 Å². The van der Waals surface area contributed by atoms with Gasteiger partial charge in [0.15, 0.2) is 0 Å². The lowest BCUT2D eigenvalue weighted by molar-refractivity contribution is 0.399. The van der Waals surface area contributed by atoms with E-state index in [0.717, 1.165) is 18.5 Å². The van der Waals surface area contributed by atoms with Gasteiger partial charge in [0.25, 0.3) is 0 Å². The first kappa shape index (κ1) is 12.4. The van der Waals surface area contributed by atoms with Gasteiger partial charge in [-0.05, 0) is 43.5 Å². The molecule has 2 heterocycles. The van der Waals surface area contributed by atoms with Gasteiger partial charge in [-0.1, -0.05) is 12.5 Å². The van der Waals surface area contributed by atoms with Gasteiger partial charge >= 0.3 is 0 Å². The molecule has 1 aromatic carbocycles. The molecule has 3 nitrogen and oxygen atoms in total. The van der Waals surface area contributed by atoms with Crippen molar-refractivity contribution in [3.05, 3.63) is 48.3 Å². The molecule has 1 aliphatic heterocycles. The zero-order valence-corrected chi connectivity index (χ0v) is 10.8. The van der Waals surface area contributed by atoms with E-state index >= 15 is 0 Å². The minimum Gasteiger partial charge on any atom is -0.314 e. The number of benzene rings is 1. The Kier molecular flexibility index (Phi) is 3.60. The van der Waals surface area contributed by atoms with E-state index in [4.69, 9.17) is 0 Å². The van der Waals surface area contributed by atoms with Crippen molar-refractivity contribution < 1.29 is 4.39 Å². The molecule has 1 N–H and O–H groups in total. The number of aromatic nitrogens is 2. The maximum atomic E-state index is 14.1. The Morgan fingerprint density at radius 1 is 1.37 bits per heavy atom. The van der Waals surface area contributed by atoms with Gasteiger partial charge in [0, 0.05) is 18.4 Å². The molecule has 19 heavy (non-hydrogen) atoms. The highest BCUT2D eigenvalue weighted by molar-refractivity contribution is 5.36. The lowest BCUT2D eigenvalue weighted by Gasteiger charge is -2.23. The molecule has 3 rings (SSSR count). The molecule has 2 aromatic rings. The van der Waals surface area contributed by atoms with Crippen LogP contribution in [0.15, 0.2) is 36.9 Å². The van der Waals surface area contributed by atoms with Crippen LogP contribution in [0.25, 0.3) is 5.69 Å². The van der Waals surface area contributed by atoms with Gasteiger partial charge in [-0.25, -0.2) is 9.37 Å². The molecule has 1 saturated heterocycles. The normalized spacial score (nSPS) is 19.5. The van der Waals surface area contributed by atoms with Crippen LogP contribution >= 0.6 is 0 Å². The van der Waals surface area contributed by atoms with Crippen LogP contribution in [0.4, 0.5) is 4.39 Å². The van der Waals surface area contributed by atoms with Crippen LogP contribution in [-0.4, -0.2) is 22.1 Å². The fourth-order valence-electron chi connectivity index (χ4n) is 2.67. The van der Waals surface area contributed by atoms with E-state index < -0.39 is 0 Å². The molecule has 0 saturated carbocycles. The summed E-state index contributed by atoms with van der Waals surface area (Å²) in [4.78, 5) is 3.94. The molecule has 100 valence electrons. The Morgan fingerprint density at radius 3 is 3.00 bits per heavy atom. The molecule has 0 radical (unpaired) electrons. The minimum absolute atomic E-state index is 0.189. The number of imidazole rings is 1. The highest BCUT2D eigenvalue weighted by Crippen LogP contribution is 2.18. The predicted octanol–water partition coefficient (Wildman–Crippen LogP) is 2.70. The first-order chi connectivity index (χ1) is 9.33. The molecule has 1 aromatic heterocycles. The number of hydrogen-bond donors (Lipinski definition) is 1. The van der Waals surface area contributed by atoms with Crippen LogP contribution in [0.1, 0.15) is 24.8 Å². The molecule has 4 heteroatoms. The first-order valence-electron chi connectivity index (χ1n) is 6.83. The molecule has 0 bridgehead atoms. The smallest absolute Gasteiger partial charge is 0.147 e. The lowest BCUT2D eigenvalue weighted by Crippen LogP contribution is -2.35. The summed E-state index contributed by atoms with van der Waals surface area (Å²) in [5.41, 5.74) is 1.61. The second-order valence-corrected chi connectivity index (χ2v) is 5.11. The van der Waals surface area contributed by atoms with E-state index in [0.29, 0.717) is 11.7 Å². The molecule has 0 aliphatic carbocycles. The Bertz CT molecular complexity index is 530. The van der Waals surface area contributed by atoms with Gasteiger partial charge in [-0.3, -0.25) is 0 Å². The monoisotopic (exact) mass is 259 g/mol. The van der Waals surface area contributed by atoms with Crippen molar-refractivity contribution in [3.63, 3.8) is 0 Å². The van der Waals surface area contributed by atoms with Gasteiger partial charge in [-0.15, -0.1) is 0 Å². The maximum absolute atomic E-state index is 14.1. The molecule has 1 aliphatic rings. The maximum Gasteiger partial charge on any atom is 0.147 e. The quantitative estimate of drug-likeness (QED) is 0.918. The van der Waals surface area contributed by atoms with Crippen LogP contribution in [-0.2, 0) is 6.42 Å². The van der Waals surface area contributed by atoms with E-state index in [9.17, 15) is 4.39 Å². The van der Waals surface area contributed by atoms with E-state index in [2.05, 4.69) is 10.3 Å². The Morgan fingerprint density at radius 2 is 2.32 bits per heavy atom. The third-order valence-corrected chi connectivity index (χ3v) is 3.69. The average Bonchev–Trinajstić information content (AvgIpc) is 2.94. The molecular formula is C15H18FN3. The summed E-state index contributed by atoms with van der Waals surface area (Å²) in [6.45, 7) is 1.08. The van der Waals surface area contributed by atoms with Crippen molar-refractivity contribution in [2.24, 2.45) is 0 Å². The van der Waals surface area contributed by atoms with Crippen molar-refractivity contribution in [2.75, 3.05) is 6.54 Å². The van der Waals surface area contributed by atoms with Crippen LogP contribution in [0.3, 0.4) is 0 Å². The van der Waals surface area contributed by atoms with Crippen molar-refractivity contribution in [3.8, 4) is 5.69 Å². The summed E-state index contributed by atoms with van der Waals surface area (Å²) in [6.07, 6.45) is 9.63. The highest BCUT2D eigenvalue weighted by Gasteiger charge is 2.14. The molecule has 1 fully saturated rings. The molecular weight excluding hydrogens is 241 g/mol. The Hall–Kier alpha value is -1.68. The van der Waals surface area contributed by atoms with Gasteiger partial charge in [0.05, 0.1) is 12.0 Å². The van der Waals surface area contributed by atoms with Gasteiger partial charge in [0.1, 0.15) is 5.82 Å².